The number of benzene rings is 1. The van der Waals surface area contributed by atoms with Crippen molar-refractivity contribution in [2.45, 2.75) is 6.42 Å². The Morgan fingerprint density at radius 3 is 2.86 bits per heavy atom. The average Bonchev–Trinajstić information content (AvgIpc) is 2.58. The number of hydrogen-bond donors (Lipinski definition) is 0. The summed E-state index contributed by atoms with van der Waals surface area (Å²) in [5.74, 6) is 0.781. The Morgan fingerprint density at radius 1 is 1.23 bits per heavy atom. The van der Waals surface area contributed by atoms with Crippen molar-refractivity contribution in [1.29, 1.82) is 5.26 Å². The van der Waals surface area contributed by atoms with Gasteiger partial charge in [0.1, 0.15) is 11.8 Å². The van der Waals surface area contributed by atoms with Crippen molar-refractivity contribution in [2.75, 3.05) is 20.3 Å². The highest BCUT2D eigenvalue weighted by Gasteiger charge is 2.02. The van der Waals surface area contributed by atoms with Gasteiger partial charge in [0, 0.05) is 26.3 Å². The standard InChI is InChI=1S/C18H18N2O2/c1-21-10-5-11-22-17-7-4-6-15(13-17)12-16(14-19)18-8-2-3-9-20-18/h2-4,6-9,12-13H,5,10-11H2,1H3/b16-12+. The molecular formula is C18H18N2O2. The lowest BCUT2D eigenvalue weighted by molar-refractivity contribution is 0.172. The molecule has 1 aromatic carbocycles. The van der Waals surface area contributed by atoms with Crippen LogP contribution < -0.4 is 4.74 Å². The smallest absolute Gasteiger partial charge is 0.119 e. The number of nitriles is 1. The topological polar surface area (TPSA) is 55.1 Å². The molecule has 0 atom stereocenters. The van der Waals surface area contributed by atoms with Gasteiger partial charge in [0.2, 0.25) is 0 Å². The van der Waals surface area contributed by atoms with Crippen molar-refractivity contribution in [3.63, 3.8) is 0 Å². The molecule has 0 aliphatic rings. The van der Waals surface area contributed by atoms with Crippen molar-refractivity contribution in [2.24, 2.45) is 0 Å². The zero-order valence-electron chi connectivity index (χ0n) is 12.5. The maximum absolute atomic E-state index is 9.31. The second kappa shape index (κ2) is 8.60. The Labute approximate surface area is 130 Å². The van der Waals surface area contributed by atoms with Crippen LogP contribution in [0.3, 0.4) is 0 Å². The van der Waals surface area contributed by atoms with Gasteiger partial charge in [-0.05, 0) is 35.9 Å². The van der Waals surface area contributed by atoms with E-state index in [-0.39, 0.29) is 0 Å². The normalized spacial score (nSPS) is 11.0. The minimum absolute atomic E-state index is 0.525. The third-order valence-electron chi connectivity index (χ3n) is 2.99. The van der Waals surface area contributed by atoms with E-state index in [2.05, 4.69) is 11.1 Å². The SMILES string of the molecule is COCCCOc1cccc(/C=C(\C#N)c2ccccn2)c1. The van der Waals surface area contributed by atoms with Crippen LogP contribution in [-0.2, 0) is 4.74 Å². The lowest BCUT2D eigenvalue weighted by Crippen LogP contribution is -2.01. The van der Waals surface area contributed by atoms with Crippen molar-refractivity contribution < 1.29 is 9.47 Å². The molecular weight excluding hydrogens is 276 g/mol. The molecule has 0 bridgehead atoms. The summed E-state index contributed by atoms with van der Waals surface area (Å²) in [6.07, 6.45) is 4.33. The summed E-state index contributed by atoms with van der Waals surface area (Å²) in [6.45, 7) is 1.28. The van der Waals surface area contributed by atoms with E-state index in [1.807, 2.05) is 48.5 Å². The largest absolute Gasteiger partial charge is 0.493 e. The molecule has 0 saturated carbocycles. The molecule has 0 saturated heterocycles. The third-order valence-corrected chi connectivity index (χ3v) is 2.99. The summed E-state index contributed by atoms with van der Waals surface area (Å²) < 4.78 is 10.6. The third kappa shape index (κ3) is 4.72. The van der Waals surface area contributed by atoms with E-state index < -0.39 is 0 Å². The van der Waals surface area contributed by atoms with Crippen LogP contribution in [0.15, 0.2) is 48.7 Å². The Bertz CT molecular complexity index is 660. The molecule has 1 heterocycles. The summed E-state index contributed by atoms with van der Waals surface area (Å²) >= 11 is 0. The van der Waals surface area contributed by atoms with Crippen LogP contribution in [0.5, 0.6) is 5.75 Å². The lowest BCUT2D eigenvalue weighted by Gasteiger charge is -2.06. The summed E-state index contributed by atoms with van der Waals surface area (Å²) in [7, 11) is 1.67. The molecule has 4 heteroatoms. The second-order valence-corrected chi connectivity index (χ2v) is 4.65. The molecule has 0 unspecified atom stereocenters. The van der Waals surface area contributed by atoms with Crippen LogP contribution in [-0.4, -0.2) is 25.3 Å². The number of methoxy groups -OCH3 is 1. The maximum atomic E-state index is 9.31. The number of pyridine rings is 1. The van der Waals surface area contributed by atoms with Crippen LogP contribution in [0.2, 0.25) is 0 Å². The Hall–Kier alpha value is -2.64. The molecule has 0 amide bonds. The fourth-order valence-corrected chi connectivity index (χ4v) is 1.94. The number of ether oxygens (including phenoxy) is 2. The van der Waals surface area contributed by atoms with Gasteiger partial charge in [-0.25, -0.2) is 0 Å². The molecule has 2 rings (SSSR count). The van der Waals surface area contributed by atoms with E-state index in [1.54, 1.807) is 13.3 Å². The van der Waals surface area contributed by atoms with Crippen molar-refractivity contribution in [3.8, 4) is 11.8 Å². The van der Waals surface area contributed by atoms with Gasteiger partial charge in [-0.3, -0.25) is 4.98 Å². The molecule has 1 aromatic heterocycles. The van der Waals surface area contributed by atoms with Gasteiger partial charge in [0.05, 0.1) is 17.9 Å². The van der Waals surface area contributed by atoms with E-state index in [0.29, 0.717) is 24.5 Å². The molecule has 4 nitrogen and oxygen atoms in total. The van der Waals surface area contributed by atoms with Crippen molar-refractivity contribution in [1.82, 2.24) is 4.98 Å². The van der Waals surface area contributed by atoms with Gasteiger partial charge in [0.15, 0.2) is 0 Å². The van der Waals surface area contributed by atoms with E-state index in [4.69, 9.17) is 9.47 Å². The Kier molecular flexibility index (Phi) is 6.16. The maximum Gasteiger partial charge on any atom is 0.119 e. The first-order chi connectivity index (χ1) is 10.8. The molecule has 0 aliphatic carbocycles. The van der Waals surface area contributed by atoms with Gasteiger partial charge in [0.25, 0.3) is 0 Å². The van der Waals surface area contributed by atoms with E-state index in [9.17, 15) is 5.26 Å². The Morgan fingerprint density at radius 2 is 2.14 bits per heavy atom. The van der Waals surface area contributed by atoms with Crippen LogP contribution >= 0.6 is 0 Å². The summed E-state index contributed by atoms with van der Waals surface area (Å²) in [5.41, 5.74) is 2.10. The summed E-state index contributed by atoms with van der Waals surface area (Å²) in [6, 6.07) is 15.3. The zero-order chi connectivity index (χ0) is 15.6. The first-order valence-corrected chi connectivity index (χ1v) is 7.08. The number of nitrogens with zero attached hydrogens (tertiary/aromatic N) is 2. The minimum Gasteiger partial charge on any atom is -0.493 e. The fraction of sp³-hybridized carbons (Fsp3) is 0.222. The van der Waals surface area contributed by atoms with Crippen molar-refractivity contribution >= 4 is 11.6 Å². The van der Waals surface area contributed by atoms with Gasteiger partial charge >= 0.3 is 0 Å². The zero-order valence-corrected chi connectivity index (χ0v) is 12.5. The number of allylic oxidation sites excluding steroid dienone is 1. The molecule has 0 N–H and O–H groups in total. The molecule has 0 fully saturated rings. The van der Waals surface area contributed by atoms with E-state index in [0.717, 1.165) is 17.7 Å². The number of aromatic nitrogens is 1. The lowest BCUT2D eigenvalue weighted by atomic mass is 10.1. The first-order valence-electron chi connectivity index (χ1n) is 7.08. The highest BCUT2D eigenvalue weighted by molar-refractivity contribution is 5.88. The minimum atomic E-state index is 0.525. The second-order valence-electron chi connectivity index (χ2n) is 4.65. The van der Waals surface area contributed by atoms with E-state index in [1.165, 1.54) is 0 Å². The fourth-order valence-electron chi connectivity index (χ4n) is 1.94. The monoisotopic (exact) mass is 294 g/mol. The molecule has 0 aliphatic heterocycles. The van der Waals surface area contributed by atoms with Crippen LogP contribution in [0.1, 0.15) is 17.7 Å². The molecule has 0 spiro atoms. The number of hydrogen-bond acceptors (Lipinski definition) is 4. The first kappa shape index (κ1) is 15.7. The Balaban J connectivity index is 2.11. The van der Waals surface area contributed by atoms with Gasteiger partial charge in [-0.15, -0.1) is 0 Å². The van der Waals surface area contributed by atoms with E-state index >= 15 is 0 Å². The average molecular weight is 294 g/mol. The van der Waals surface area contributed by atoms with Gasteiger partial charge in [-0.1, -0.05) is 18.2 Å². The molecule has 0 radical (unpaired) electrons. The van der Waals surface area contributed by atoms with Gasteiger partial charge < -0.3 is 9.47 Å². The van der Waals surface area contributed by atoms with Crippen LogP contribution in [0.4, 0.5) is 0 Å². The summed E-state index contributed by atoms with van der Waals surface area (Å²) in [4.78, 5) is 4.20. The predicted octanol–water partition coefficient (Wildman–Crippen LogP) is 3.56. The quantitative estimate of drug-likeness (QED) is 0.578. The highest BCUT2D eigenvalue weighted by Crippen LogP contribution is 2.19. The van der Waals surface area contributed by atoms with Crippen LogP contribution in [0.25, 0.3) is 11.6 Å². The number of rotatable bonds is 7. The van der Waals surface area contributed by atoms with Crippen molar-refractivity contribution in [3.05, 3.63) is 59.9 Å². The molecule has 112 valence electrons. The molecule has 22 heavy (non-hydrogen) atoms. The molecule has 2 aromatic rings. The highest BCUT2D eigenvalue weighted by atomic mass is 16.5. The predicted molar refractivity (Wildman–Crippen MR) is 86.2 cm³/mol. The summed E-state index contributed by atoms with van der Waals surface area (Å²) in [5, 5.41) is 9.31. The van der Waals surface area contributed by atoms with Crippen LogP contribution in [0, 0.1) is 11.3 Å². The van der Waals surface area contributed by atoms with Gasteiger partial charge in [-0.2, -0.15) is 5.26 Å².